The topological polar surface area (TPSA) is 120 Å². The van der Waals surface area contributed by atoms with E-state index in [4.69, 9.17) is 18.7 Å². The maximum absolute atomic E-state index is 12.5. The number of carbonyl (C=O) groups is 1. The Labute approximate surface area is 183 Å². The van der Waals surface area contributed by atoms with E-state index in [0.717, 1.165) is 5.56 Å². The van der Waals surface area contributed by atoms with E-state index in [9.17, 15) is 9.59 Å². The van der Waals surface area contributed by atoms with Crippen LogP contribution < -0.4 is 19.8 Å². The van der Waals surface area contributed by atoms with Crippen molar-refractivity contribution in [3.8, 4) is 28.6 Å². The van der Waals surface area contributed by atoms with Crippen molar-refractivity contribution in [1.82, 2.24) is 20.0 Å². The van der Waals surface area contributed by atoms with E-state index in [2.05, 4.69) is 15.1 Å². The quantitative estimate of drug-likeness (QED) is 0.557. The van der Waals surface area contributed by atoms with E-state index in [0.29, 0.717) is 41.8 Å². The second kappa shape index (κ2) is 8.96. The van der Waals surface area contributed by atoms with E-state index >= 15 is 0 Å². The van der Waals surface area contributed by atoms with Crippen molar-refractivity contribution >= 4 is 12.0 Å². The molecule has 3 aromatic rings. The lowest BCUT2D eigenvalue weighted by Crippen LogP contribution is -2.47. The molecule has 0 bridgehead atoms. The van der Waals surface area contributed by atoms with Gasteiger partial charge >= 0.3 is 0 Å². The second-order valence-corrected chi connectivity index (χ2v) is 7.10. The van der Waals surface area contributed by atoms with Gasteiger partial charge in [0.25, 0.3) is 5.56 Å². The highest BCUT2D eigenvalue weighted by atomic mass is 16.5. The predicted molar refractivity (Wildman–Crippen MR) is 115 cm³/mol. The van der Waals surface area contributed by atoms with Crippen LogP contribution in [0.3, 0.4) is 0 Å². The third-order valence-electron chi connectivity index (χ3n) is 5.15. The normalized spacial score (nSPS) is 13.8. The number of amides is 1. The van der Waals surface area contributed by atoms with Crippen LogP contribution in [0.4, 0.5) is 0 Å². The smallest absolute Gasteiger partial charge is 0.259 e. The van der Waals surface area contributed by atoms with Crippen LogP contribution in [0.25, 0.3) is 17.5 Å². The van der Waals surface area contributed by atoms with Gasteiger partial charge in [0.05, 0.1) is 32.8 Å². The number of benzene rings is 1. The van der Waals surface area contributed by atoms with Crippen molar-refractivity contribution in [1.29, 1.82) is 0 Å². The Hall–Kier alpha value is -4.08. The van der Waals surface area contributed by atoms with Crippen LogP contribution >= 0.6 is 0 Å². The summed E-state index contributed by atoms with van der Waals surface area (Å²) < 4.78 is 21.3. The van der Waals surface area contributed by atoms with E-state index in [1.807, 2.05) is 0 Å². The molecule has 0 radical (unpaired) electrons. The molecule has 1 aliphatic heterocycles. The van der Waals surface area contributed by atoms with Crippen molar-refractivity contribution in [2.24, 2.45) is 0 Å². The molecule has 1 aliphatic rings. The molecule has 0 unspecified atom stereocenters. The molecule has 10 nitrogen and oxygen atoms in total. The number of pyridine rings is 1. The Morgan fingerprint density at radius 3 is 2.53 bits per heavy atom. The molecular formula is C22H22N4O6. The summed E-state index contributed by atoms with van der Waals surface area (Å²) in [6.07, 6.45) is 4.71. The zero-order valence-electron chi connectivity index (χ0n) is 17.8. The summed E-state index contributed by atoms with van der Waals surface area (Å²) in [6, 6.07) is 6.83. The van der Waals surface area contributed by atoms with Gasteiger partial charge in [-0.15, -0.1) is 0 Å². The first-order valence-electron chi connectivity index (χ1n) is 9.82. The van der Waals surface area contributed by atoms with Gasteiger partial charge in [-0.2, -0.15) is 4.98 Å². The molecular weight excluding hydrogens is 416 g/mol. The molecule has 1 aromatic carbocycles. The number of hydrogen-bond donors (Lipinski definition) is 1. The fourth-order valence-corrected chi connectivity index (χ4v) is 3.39. The van der Waals surface area contributed by atoms with Crippen LogP contribution in [0.2, 0.25) is 0 Å². The van der Waals surface area contributed by atoms with Crippen LogP contribution in [0, 0.1) is 0 Å². The van der Waals surface area contributed by atoms with Crippen LogP contribution in [0.5, 0.6) is 17.2 Å². The van der Waals surface area contributed by atoms with Crippen molar-refractivity contribution in [3.63, 3.8) is 0 Å². The molecule has 4 rings (SSSR count). The molecule has 0 atom stereocenters. The molecule has 1 saturated heterocycles. The number of rotatable bonds is 7. The van der Waals surface area contributed by atoms with Crippen LogP contribution in [0.1, 0.15) is 17.4 Å². The molecule has 1 N–H and O–H groups in total. The summed E-state index contributed by atoms with van der Waals surface area (Å²) in [5.74, 6) is 1.92. The van der Waals surface area contributed by atoms with Gasteiger partial charge in [-0.25, -0.2) is 0 Å². The SMILES string of the molecule is COc1cc(C=CC(=O)N2CC(c3nc(-c4ccc[nH]c4=O)no3)C2)cc(OC)c1OC. The first kappa shape index (κ1) is 21.2. The lowest BCUT2D eigenvalue weighted by atomic mass is 10.00. The first-order valence-corrected chi connectivity index (χ1v) is 9.82. The molecule has 0 saturated carbocycles. The summed E-state index contributed by atoms with van der Waals surface area (Å²) in [4.78, 5) is 32.9. The molecule has 0 aliphatic carbocycles. The van der Waals surface area contributed by atoms with Gasteiger partial charge < -0.3 is 28.6 Å². The monoisotopic (exact) mass is 438 g/mol. The van der Waals surface area contributed by atoms with Gasteiger partial charge in [0.15, 0.2) is 11.5 Å². The summed E-state index contributed by atoms with van der Waals surface area (Å²) in [5, 5.41) is 3.89. The predicted octanol–water partition coefficient (Wildman–Crippen LogP) is 2.09. The van der Waals surface area contributed by atoms with Crippen LogP contribution in [0.15, 0.2) is 45.9 Å². The number of likely N-dealkylation sites (tertiary alicyclic amines) is 1. The lowest BCUT2D eigenvalue weighted by Gasteiger charge is -2.36. The Bertz CT molecular complexity index is 1180. The minimum Gasteiger partial charge on any atom is -0.493 e. The standard InChI is InChI=1S/C22H22N4O6/c1-29-16-9-13(10-17(30-2)19(16)31-3)6-7-18(27)26-11-14(12-26)22-24-20(25-32-22)15-5-4-8-23-21(15)28/h4-10,14H,11-12H2,1-3H3,(H,23,28). The van der Waals surface area contributed by atoms with Crippen molar-refractivity contribution in [3.05, 3.63) is 58.3 Å². The molecule has 1 fully saturated rings. The molecule has 10 heteroatoms. The summed E-state index contributed by atoms with van der Waals surface area (Å²) >= 11 is 0. The number of ether oxygens (including phenoxy) is 3. The molecule has 1 amide bonds. The second-order valence-electron chi connectivity index (χ2n) is 7.10. The molecule has 2 aromatic heterocycles. The molecule has 3 heterocycles. The molecule has 32 heavy (non-hydrogen) atoms. The van der Waals surface area contributed by atoms with E-state index in [-0.39, 0.29) is 23.2 Å². The third-order valence-corrected chi connectivity index (χ3v) is 5.15. The lowest BCUT2D eigenvalue weighted by molar-refractivity contribution is -0.130. The van der Waals surface area contributed by atoms with Gasteiger partial charge in [-0.1, -0.05) is 5.16 Å². The van der Waals surface area contributed by atoms with E-state index in [1.54, 1.807) is 35.2 Å². The fraction of sp³-hybridized carbons (Fsp3) is 0.273. The van der Waals surface area contributed by atoms with Gasteiger partial charge in [-0.05, 0) is 35.9 Å². The van der Waals surface area contributed by atoms with Gasteiger partial charge in [0, 0.05) is 25.4 Å². The number of methoxy groups -OCH3 is 3. The Balaban J connectivity index is 1.40. The Kier molecular flexibility index (Phi) is 5.93. The Morgan fingerprint density at radius 2 is 1.91 bits per heavy atom. The maximum Gasteiger partial charge on any atom is 0.259 e. The highest BCUT2D eigenvalue weighted by molar-refractivity contribution is 5.92. The number of nitrogens with zero attached hydrogens (tertiary/aromatic N) is 3. The van der Waals surface area contributed by atoms with Crippen molar-refractivity contribution in [2.75, 3.05) is 34.4 Å². The summed E-state index contributed by atoms with van der Waals surface area (Å²) in [7, 11) is 4.60. The zero-order chi connectivity index (χ0) is 22.7. The number of aromatic amines is 1. The average Bonchev–Trinajstić information content (AvgIpc) is 3.25. The van der Waals surface area contributed by atoms with Crippen molar-refractivity contribution in [2.45, 2.75) is 5.92 Å². The van der Waals surface area contributed by atoms with Gasteiger partial charge in [0.1, 0.15) is 0 Å². The number of hydrogen-bond acceptors (Lipinski definition) is 8. The average molecular weight is 438 g/mol. The summed E-state index contributed by atoms with van der Waals surface area (Å²) in [5.41, 5.74) is 0.782. The van der Waals surface area contributed by atoms with Gasteiger partial charge in [-0.3, -0.25) is 9.59 Å². The highest BCUT2D eigenvalue weighted by Crippen LogP contribution is 2.38. The van der Waals surface area contributed by atoms with Crippen LogP contribution in [-0.2, 0) is 4.79 Å². The third kappa shape index (κ3) is 4.07. The number of carbonyl (C=O) groups excluding carboxylic acids is 1. The number of H-pyrrole nitrogens is 1. The molecule has 166 valence electrons. The summed E-state index contributed by atoms with van der Waals surface area (Å²) in [6.45, 7) is 0.899. The van der Waals surface area contributed by atoms with Crippen LogP contribution in [-0.4, -0.2) is 60.4 Å². The van der Waals surface area contributed by atoms with Crippen molar-refractivity contribution < 1.29 is 23.5 Å². The first-order chi connectivity index (χ1) is 15.5. The molecule has 0 spiro atoms. The minimum atomic E-state index is -0.290. The maximum atomic E-state index is 12.5. The Morgan fingerprint density at radius 1 is 1.19 bits per heavy atom. The number of aromatic nitrogens is 3. The van der Waals surface area contributed by atoms with E-state index < -0.39 is 0 Å². The minimum absolute atomic E-state index is 0.0717. The van der Waals surface area contributed by atoms with E-state index in [1.165, 1.54) is 33.6 Å². The number of nitrogens with one attached hydrogen (secondary N) is 1. The fourth-order valence-electron chi connectivity index (χ4n) is 3.39. The highest BCUT2D eigenvalue weighted by Gasteiger charge is 2.35. The largest absolute Gasteiger partial charge is 0.493 e. The van der Waals surface area contributed by atoms with Gasteiger partial charge in [0.2, 0.25) is 23.4 Å². The zero-order valence-corrected chi connectivity index (χ0v) is 17.8.